The van der Waals surface area contributed by atoms with Gasteiger partial charge in [-0.3, -0.25) is 4.99 Å². The number of ether oxygens (including phenoxy) is 3. The molecule has 6 nitrogen and oxygen atoms in total. The van der Waals surface area contributed by atoms with E-state index >= 15 is 0 Å². The number of rotatable bonds is 6. The molecule has 0 fully saturated rings. The lowest BCUT2D eigenvalue weighted by Crippen LogP contribution is -2.37. The largest absolute Gasteiger partial charge is 0.496 e. The van der Waals surface area contributed by atoms with Crippen LogP contribution in [0.4, 0.5) is 0 Å². The topological polar surface area (TPSA) is 64.1 Å². The van der Waals surface area contributed by atoms with Crippen LogP contribution in [0.25, 0.3) is 0 Å². The molecule has 1 aliphatic heterocycles. The highest BCUT2D eigenvalue weighted by Gasteiger charge is 2.16. The maximum atomic E-state index is 6.29. The standard InChI is InChI=1S/C20H24ClN3O3/c1-22-20(24-13-15-5-3-4-6-17(15)25-2)23-8-7-14-11-16(21)19-18(12-14)26-9-10-27-19/h3-6,11-12H,7-10,13H2,1-2H3,(H2,22,23,24). The van der Waals surface area contributed by atoms with Crippen molar-refractivity contribution in [3.05, 3.63) is 52.5 Å². The molecule has 27 heavy (non-hydrogen) atoms. The van der Waals surface area contributed by atoms with Crippen molar-refractivity contribution in [2.24, 2.45) is 4.99 Å². The number of fused-ring (bicyclic) bond motifs is 1. The van der Waals surface area contributed by atoms with Crippen molar-refractivity contribution >= 4 is 17.6 Å². The fraction of sp³-hybridized carbons (Fsp3) is 0.350. The first-order valence-corrected chi connectivity index (χ1v) is 9.23. The van der Waals surface area contributed by atoms with Gasteiger partial charge >= 0.3 is 0 Å². The van der Waals surface area contributed by atoms with Gasteiger partial charge in [-0.25, -0.2) is 0 Å². The summed E-state index contributed by atoms with van der Waals surface area (Å²) in [5, 5.41) is 7.19. The Kier molecular flexibility index (Phi) is 6.65. The fourth-order valence-corrected chi connectivity index (χ4v) is 3.17. The lowest BCUT2D eigenvalue weighted by Gasteiger charge is -2.20. The van der Waals surface area contributed by atoms with Gasteiger partial charge in [0.05, 0.1) is 12.1 Å². The van der Waals surface area contributed by atoms with Crippen LogP contribution in [0.2, 0.25) is 5.02 Å². The first-order chi connectivity index (χ1) is 13.2. The van der Waals surface area contributed by atoms with Crippen LogP contribution in [0.5, 0.6) is 17.2 Å². The van der Waals surface area contributed by atoms with E-state index in [0.717, 1.165) is 29.3 Å². The van der Waals surface area contributed by atoms with E-state index in [-0.39, 0.29) is 0 Å². The summed E-state index contributed by atoms with van der Waals surface area (Å²) in [5.74, 6) is 2.92. The molecule has 0 radical (unpaired) electrons. The molecule has 3 rings (SSSR count). The van der Waals surface area contributed by atoms with Crippen LogP contribution in [-0.4, -0.2) is 39.9 Å². The summed E-state index contributed by atoms with van der Waals surface area (Å²) in [4.78, 5) is 4.26. The van der Waals surface area contributed by atoms with Gasteiger partial charge < -0.3 is 24.8 Å². The molecule has 1 aliphatic rings. The number of aliphatic imine (C=N–C) groups is 1. The first kappa shape index (κ1) is 19.2. The normalized spacial score (nSPS) is 13.2. The van der Waals surface area contributed by atoms with E-state index in [1.807, 2.05) is 36.4 Å². The number of nitrogens with zero attached hydrogens (tertiary/aromatic N) is 1. The average molecular weight is 390 g/mol. The minimum Gasteiger partial charge on any atom is -0.496 e. The van der Waals surface area contributed by atoms with E-state index in [4.69, 9.17) is 25.8 Å². The van der Waals surface area contributed by atoms with Gasteiger partial charge in [-0.1, -0.05) is 29.8 Å². The van der Waals surface area contributed by atoms with Crippen LogP contribution in [-0.2, 0) is 13.0 Å². The van der Waals surface area contributed by atoms with Gasteiger partial charge in [0.1, 0.15) is 19.0 Å². The van der Waals surface area contributed by atoms with E-state index in [1.165, 1.54) is 0 Å². The molecule has 0 aromatic heterocycles. The van der Waals surface area contributed by atoms with E-state index in [2.05, 4.69) is 15.6 Å². The van der Waals surface area contributed by atoms with E-state index < -0.39 is 0 Å². The Bertz CT molecular complexity index is 811. The molecule has 1 heterocycles. The molecule has 0 unspecified atom stereocenters. The van der Waals surface area contributed by atoms with Crippen molar-refractivity contribution in [3.8, 4) is 17.2 Å². The molecule has 7 heteroatoms. The average Bonchev–Trinajstić information content (AvgIpc) is 2.71. The zero-order valence-electron chi connectivity index (χ0n) is 15.5. The Morgan fingerprint density at radius 2 is 2.00 bits per heavy atom. The molecule has 0 amide bonds. The highest BCUT2D eigenvalue weighted by atomic mass is 35.5. The van der Waals surface area contributed by atoms with Crippen LogP contribution in [0.1, 0.15) is 11.1 Å². The van der Waals surface area contributed by atoms with Crippen molar-refractivity contribution in [2.75, 3.05) is 33.9 Å². The second kappa shape index (κ2) is 9.37. The SMILES string of the molecule is CN=C(NCCc1cc(Cl)c2c(c1)OCCO2)NCc1ccccc1OC. The molecule has 2 aromatic rings. The van der Waals surface area contributed by atoms with Gasteiger partial charge in [0.25, 0.3) is 0 Å². The second-order valence-electron chi connectivity index (χ2n) is 6.02. The van der Waals surface area contributed by atoms with E-state index in [9.17, 15) is 0 Å². The molecule has 0 spiro atoms. The third-order valence-electron chi connectivity index (χ3n) is 4.23. The van der Waals surface area contributed by atoms with Crippen molar-refractivity contribution in [3.63, 3.8) is 0 Å². The summed E-state index contributed by atoms with van der Waals surface area (Å²) in [6.07, 6.45) is 0.783. The molecule has 0 bridgehead atoms. The van der Waals surface area contributed by atoms with Crippen molar-refractivity contribution in [2.45, 2.75) is 13.0 Å². The van der Waals surface area contributed by atoms with Gasteiger partial charge in [0.15, 0.2) is 17.5 Å². The number of guanidine groups is 1. The summed E-state index contributed by atoms with van der Waals surface area (Å²) in [6, 6.07) is 11.8. The second-order valence-corrected chi connectivity index (χ2v) is 6.42. The molecule has 2 aromatic carbocycles. The van der Waals surface area contributed by atoms with Gasteiger partial charge in [-0.2, -0.15) is 0 Å². The molecular weight excluding hydrogens is 366 g/mol. The van der Waals surface area contributed by atoms with Crippen LogP contribution in [0.15, 0.2) is 41.4 Å². The minimum absolute atomic E-state index is 0.530. The first-order valence-electron chi connectivity index (χ1n) is 8.85. The Morgan fingerprint density at radius 3 is 2.81 bits per heavy atom. The number of hydrogen-bond donors (Lipinski definition) is 2. The van der Waals surface area contributed by atoms with Crippen LogP contribution < -0.4 is 24.8 Å². The summed E-state index contributed by atoms with van der Waals surface area (Å²) in [7, 11) is 3.42. The predicted octanol–water partition coefficient (Wildman–Crippen LogP) is 3.03. The monoisotopic (exact) mass is 389 g/mol. The summed E-state index contributed by atoms with van der Waals surface area (Å²) >= 11 is 6.29. The smallest absolute Gasteiger partial charge is 0.191 e. The van der Waals surface area contributed by atoms with E-state index in [1.54, 1.807) is 14.2 Å². The van der Waals surface area contributed by atoms with Gasteiger partial charge in [-0.05, 0) is 30.2 Å². The van der Waals surface area contributed by atoms with Gasteiger partial charge in [0.2, 0.25) is 0 Å². The Morgan fingerprint density at radius 1 is 1.19 bits per heavy atom. The third-order valence-corrected chi connectivity index (χ3v) is 4.51. The van der Waals surface area contributed by atoms with Crippen LogP contribution >= 0.6 is 11.6 Å². The van der Waals surface area contributed by atoms with Crippen molar-refractivity contribution in [1.82, 2.24) is 10.6 Å². The molecular formula is C20H24ClN3O3. The number of nitrogens with one attached hydrogen (secondary N) is 2. The number of hydrogen-bond acceptors (Lipinski definition) is 4. The maximum absolute atomic E-state index is 6.29. The fourth-order valence-electron chi connectivity index (χ4n) is 2.88. The predicted molar refractivity (Wildman–Crippen MR) is 107 cm³/mol. The minimum atomic E-state index is 0.530. The van der Waals surface area contributed by atoms with Crippen LogP contribution in [0.3, 0.4) is 0 Å². The number of methoxy groups -OCH3 is 1. The lowest BCUT2D eigenvalue weighted by molar-refractivity contribution is 0.171. The third kappa shape index (κ3) is 4.98. The highest BCUT2D eigenvalue weighted by Crippen LogP contribution is 2.38. The lowest BCUT2D eigenvalue weighted by atomic mass is 10.1. The molecule has 0 aliphatic carbocycles. The van der Waals surface area contributed by atoms with Gasteiger partial charge in [-0.15, -0.1) is 0 Å². The number of halogens is 1. The Balaban J connectivity index is 1.52. The molecule has 0 saturated heterocycles. The summed E-state index contributed by atoms with van der Waals surface area (Å²) in [5.41, 5.74) is 2.15. The maximum Gasteiger partial charge on any atom is 0.191 e. The molecule has 144 valence electrons. The Hall–Kier alpha value is -2.60. The molecule has 2 N–H and O–H groups in total. The van der Waals surface area contributed by atoms with Crippen molar-refractivity contribution < 1.29 is 14.2 Å². The van der Waals surface area contributed by atoms with Crippen molar-refractivity contribution in [1.29, 1.82) is 0 Å². The zero-order valence-corrected chi connectivity index (χ0v) is 16.3. The molecule has 0 atom stereocenters. The quantitative estimate of drug-likeness (QED) is 0.587. The summed E-state index contributed by atoms with van der Waals surface area (Å²) in [6.45, 7) is 2.41. The zero-order chi connectivity index (χ0) is 19.1. The Labute approximate surface area is 164 Å². The number of benzene rings is 2. The number of para-hydroxylation sites is 1. The van der Waals surface area contributed by atoms with Crippen LogP contribution in [0, 0.1) is 0 Å². The van der Waals surface area contributed by atoms with Gasteiger partial charge in [0, 0.05) is 25.7 Å². The molecule has 0 saturated carbocycles. The highest BCUT2D eigenvalue weighted by molar-refractivity contribution is 6.32. The summed E-state index contributed by atoms with van der Waals surface area (Å²) < 4.78 is 16.5. The van der Waals surface area contributed by atoms with E-state index in [0.29, 0.717) is 42.8 Å².